The molecule has 2 aliphatic rings. The molecule has 0 aliphatic carbocycles. The predicted molar refractivity (Wildman–Crippen MR) is 110 cm³/mol. The van der Waals surface area contributed by atoms with Crippen molar-refractivity contribution in [3.63, 3.8) is 0 Å². The van der Waals surface area contributed by atoms with E-state index >= 15 is 0 Å². The Labute approximate surface area is 165 Å². The highest BCUT2D eigenvalue weighted by molar-refractivity contribution is 7.99. The monoisotopic (exact) mass is 404 g/mol. The van der Waals surface area contributed by atoms with Gasteiger partial charge in [-0.3, -0.25) is 9.62 Å². The number of aryl methyl sites for hydroxylation is 1. The highest BCUT2D eigenvalue weighted by Crippen LogP contribution is 2.31. The summed E-state index contributed by atoms with van der Waals surface area (Å²) in [6, 6.07) is 14.0. The highest BCUT2D eigenvalue weighted by Gasteiger charge is 2.24. The number of ether oxygens (including phenoxy) is 1. The summed E-state index contributed by atoms with van der Waals surface area (Å²) in [4.78, 5) is 2.72. The lowest BCUT2D eigenvalue weighted by molar-refractivity contribution is 0.119. The molecule has 1 atom stereocenters. The van der Waals surface area contributed by atoms with Gasteiger partial charge in [-0.2, -0.15) is 11.8 Å². The van der Waals surface area contributed by atoms with Gasteiger partial charge >= 0.3 is 0 Å². The largest absolute Gasteiger partial charge is 0.489 e. The Balaban J connectivity index is 1.46. The number of rotatable bonds is 5. The van der Waals surface area contributed by atoms with Gasteiger partial charge in [-0.15, -0.1) is 0 Å². The van der Waals surface area contributed by atoms with Crippen LogP contribution in [0.4, 0.5) is 5.69 Å². The van der Waals surface area contributed by atoms with Crippen molar-refractivity contribution >= 4 is 27.5 Å². The number of sulfonamides is 1. The Morgan fingerprint density at radius 2 is 1.89 bits per heavy atom. The lowest BCUT2D eigenvalue weighted by Crippen LogP contribution is -2.41. The van der Waals surface area contributed by atoms with Gasteiger partial charge in [0.1, 0.15) is 11.9 Å². The second-order valence-corrected chi connectivity index (χ2v) is 9.84. The van der Waals surface area contributed by atoms with Crippen molar-refractivity contribution in [1.29, 1.82) is 0 Å². The van der Waals surface area contributed by atoms with Gasteiger partial charge in [-0.25, -0.2) is 8.42 Å². The van der Waals surface area contributed by atoms with Crippen LogP contribution in [0.3, 0.4) is 0 Å². The Kier molecular flexibility index (Phi) is 5.61. The van der Waals surface area contributed by atoms with Crippen LogP contribution in [-0.4, -0.2) is 50.6 Å². The Morgan fingerprint density at radius 1 is 1.11 bits per heavy atom. The number of nitrogens with zero attached hydrogens (tertiary/aromatic N) is 1. The zero-order valence-electron chi connectivity index (χ0n) is 15.1. The molecule has 1 N–H and O–H groups in total. The van der Waals surface area contributed by atoms with Crippen LogP contribution < -0.4 is 9.46 Å². The van der Waals surface area contributed by atoms with Gasteiger partial charge in [-0.1, -0.05) is 24.3 Å². The van der Waals surface area contributed by atoms with Crippen molar-refractivity contribution in [1.82, 2.24) is 4.90 Å². The zero-order chi connectivity index (χ0) is 18.7. The normalized spacial score (nSPS) is 20.5. The highest BCUT2D eigenvalue weighted by atomic mass is 32.2. The maximum atomic E-state index is 12.5. The van der Waals surface area contributed by atoms with E-state index in [2.05, 4.69) is 9.62 Å². The van der Waals surface area contributed by atoms with Gasteiger partial charge < -0.3 is 4.74 Å². The van der Waals surface area contributed by atoms with Crippen LogP contribution in [0, 0.1) is 0 Å². The molecule has 27 heavy (non-hydrogen) atoms. The molecule has 144 valence electrons. The van der Waals surface area contributed by atoms with Crippen LogP contribution in [0.25, 0.3) is 0 Å². The van der Waals surface area contributed by atoms with Crippen LogP contribution in [0.5, 0.6) is 5.75 Å². The van der Waals surface area contributed by atoms with Gasteiger partial charge in [0.05, 0.1) is 10.6 Å². The molecular formula is C20H24N2O3S2. The molecular weight excluding hydrogens is 380 g/mol. The van der Waals surface area contributed by atoms with Crippen molar-refractivity contribution in [3.8, 4) is 5.75 Å². The summed E-state index contributed by atoms with van der Waals surface area (Å²) < 4.78 is 33.9. The number of benzene rings is 2. The lowest BCUT2D eigenvalue weighted by Gasteiger charge is -2.33. The molecule has 7 heteroatoms. The molecule has 1 unspecified atom stereocenters. The second kappa shape index (κ2) is 8.12. The first-order chi connectivity index (χ1) is 13.1. The smallest absolute Gasteiger partial charge is 0.261 e. The number of fused-ring (bicyclic) bond motifs is 1. The summed E-state index contributed by atoms with van der Waals surface area (Å²) in [5, 5.41) is 0. The van der Waals surface area contributed by atoms with Crippen LogP contribution in [0.2, 0.25) is 0 Å². The molecule has 2 heterocycles. The molecule has 2 aromatic carbocycles. The molecule has 0 bridgehead atoms. The third-order valence-electron chi connectivity index (χ3n) is 4.97. The van der Waals surface area contributed by atoms with Crippen LogP contribution in [-0.2, 0) is 16.4 Å². The predicted octanol–water partition coefficient (Wildman–Crippen LogP) is 3.23. The average Bonchev–Trinajstić information content (AvgIpc) is 2.69. The third-order valence-corrected chi connectivity index (χ3v) is 7.31. The van der Waals surface area contributed by atoms with E-state index in [1.165, 1.54) is 11.5 Å². The first-order valence-electron chi connectivity index (χ1n) is 9.28. The van der Waals surface area contributed by atoms with Gasteiger partial charge in [0.25, 0.3) is 10.0 Å². The second-order valence-electron chi connectivity index (χ2n) is 6.93. The van der Waals surface area contributed by atoms with E-state index in [1.54, 1.807) is 30.3 Å². The molecule has 2 aliphatic heterocycles. The fraction of sp³-hybridized carbons (Fsp3) is 0.400. The molecule has 5 nitrogen and oxygen atoms in total. The molecule has 0 radical (unpaired) electrons. The molecule has 0 saturated carbocycles. The molecule has 2 aromatic rings. The Morgan fingerprint density at radius 3 is 2.67 bits per heavy atom. The third kappa shape index (κ3) is 4.59. The van der Waals surface area contributed by atoms with Crippen molar-refractivity contribution in [3.05, 3.63) is 54.1 Å². The van der Waals surface area contributed by atoms with Gasteiger partial charge in [0.15, 0.2) is 0 Å². The minimum absolute atomic E-state index is 0.168. The zero-order valence-corrected chi connectivity index (χ0v) is 16.8. The Hall–Kier alpha value is -1.70. The summed E-state index contributed by atoms with van der Waals surface area (Å²) in [5.74, 6) is 3.18. The van der Waals surface area contributed by atoms with Crippen LogP contribution in [0.15, 0.2) is 53.4 Å². The lowest BCUT2D eigenvalue weighted by atomic mass is 10.0. The molecule has 1 saturated heterocycles. The van der Waals surface area contributed by atoms with E-state index in [-0.39, 0.29) is 11.0 Å². The van der Waals surface area contributed by atoms with Crippen molar-refractivity contribution < 1.29 is 13.2 Å². The first kappa shape index (κ1) is 18.7. The summed E-state index contributed by atoms with van der Waals surface area (Å²) in [6.07, 6.45) is 2.14. The SMILES string of the molecule is O=S(=O)(Nc1ccc2c(c1)OC(CN1CCSCC1)CC2)c1ccccc1. The van der Waals surface area contributed by atoms with E-state index in [1.807, 2.05) is 30.0 Å². The van der Waals surface area contributed by atoms with E-state index in [0.29, 0.717) is 5.69 Å². The summed E-state index contributed by atoms with van der Waals surface area (Å²) in [7, 11) is -3.59. The quantitative estimate of drug-likeness (QED) is 0.829. The number of anilines is 1. The van der Waals surface area contributed by atoms with Crippen molar-refractivity contribution in [2.24, 2.45) is 0 Å². The van der Waals surface area contributed by atoms with E-state index in [9.17, 15) is 8.42 Å². The number of nitrogens with one attached hydrogen (secondary N) is 1. The van der Waals surface area contributed by atoms with E-state index in [4.69, 9.17) is 4.74 Å². The van der Waals surface area contributed by atoms with Gasteiger partial charge in [0.2, 0.25) is 0 Å². The summed E-state index contributed by atoms with van der Waals surface area (Å²) in [5.41, 5.74) is 1.68. The van der Waals surface area contributed by atoms with Crippen molar-refractivity contribution in [2.75, 3.05) is 35.9 Å². The number of hydrogen-bond donors (Lipinski definition) is 1. The molecule has 0 amide bonds. The van der Waals surface area contributed by atoms with Gasteiger partial charge in [0, 0.05) is 37.2 Å². The summed E-state index contributed by atoms with van der Waals surface area (Å²) >= 11 is 2.01. The molecule has 1 fully saturated rings. The first-order valence-corrected chi connectivity index (χ1v) is 11.9. The maximum absolute atomic E-state index is 12.5. The number of thioether (sulfide) groups is 1. The number of hydrogen-bond acceptors (Lipinski definition) is 5. The van der Waals surface area contributed by atoms with Crippen LogP contribution >= 0.6 is 11.8 Å². The van der Waals surface area contributed by atoms with Gasteiger partial charge in [-0.05, 0) is 36.6 Å². The maximum Gasteiger partial charge on any atom is 0.261 e. The Bertz CT molecular complexity index is 881. The fourth-order valence-corrected chi connectivity index (χ4v) is 5.55. The average molecular weight is 405 g/mol. The minimum atomic E-state index is -3.59. The fourth-order valence-electron chi connectivity index (χ4n) is 3.50. The van der Waals surface area contributed by atoms with E-state index < -0.39 is 10.0 Å². The van der Waals surface area contributed by atoms with Crippen LogP contribution in [0.1, 0.15) is 12.0 Å². The standard InChI is InChI=1S/C20H24N2O3S2/c23-27(24,19-4-2-1-3-5-19)21-17-8-6-16-7-9-18(25-20(16)14-17)15-22-10-12-26-13-11-22/h1-6,8,14,18,21H,7,9-13,15H2. The van der Waals surface area contributed by atoms with Crippen molar-refractivity contribution in [2.45, 2.75) is 23.8 Å². The molecule has 0 aromatic heterocycles. The topological polar surface area (TPSA) is 58.6 Å². The van der Waals surface area contributed by atoms with E-state index in [0.717, 1.165) is 43.8 Å². The minimum Gasteiger partial charge on any atom is -0.489 e. The molecule has 4 rings (SSSR count). The molecule has 0 spiro atoms. The summed E-state index contributed by atoms with van der Waals surface area (Å²) in [6.45, 7) is 3.18.